The molecule has 0 aromatic rings. The SMILES string of the molecule is CC/C=C\C/C=C\C/C=C\C/C=C\C/C=C\C/C=C\CCCCCCCCCCC(=O)OCC(COC(=O)CCCCCCCCC/C=C\C/C=C\C/C=C\CC)OC(=O)CCCC/C=C\C/C=C\C/C=C\C/C=C\C/C=C\C/C=C\CC. The van der Waals surface area contributed by atoms with Crippen LogP contribution in [0, 0.1) is 0 Å². The van der Waals surface area contributed by atoms with Crippen molar-refractivity contribution >= 4 is 17.9 Å². The monoisotopic (exact) mass is 1140 g/mol. The van der Waals surface area contributed by atoms with Crippen LogP contribution in [0.25, 0.3) is 0 Å². The summed E-state index contributed by atoms with van der Waals surface area (Å²) in [6, 6.07) is 0. The number of hydrogen-bond acceptors (Lipinski definition) is 6. The molecule has 0 bridgehead atoms. The van der Waals surface area contributed by atoms with E-state index < -0.39 is 6.10 Å². The number of carbonyl (C=O) groups is 3. The molecule has 0 N–H and O–H groups in total. The molecule has 0 rings (SSSR count). The standard InChI is InChI=1S/C77H120O6/c1-4-7-10-13-16-19-22-25-28-31-33-35-36-37-38-39-40-42-43-46-49-52-55-58-61-64-67-70-76(79)82-73-74(72-81-75(78)69-66-63-60-57-54-51-48-45-30-27-24-21-18-15-12-9-6-3)83-77(80)71-68-65-62-59-56-53-50-47-44-41-34-32-29-26-23-20-17-14-11-8-5-2/h7-12,16-21,25-30,33-35,37-38,40-42,47,50,56,59,74H,4-6,13-15,22-24,31-32,36,39,43-46,48-49,51-55,57-58,60-73H2,1-3H3/b10-7-,11-8-,12-9-,19-16-,20-17-,21-18-,28-25-,29-26-,30-27-,35-33-,38-37-,41-34-,42-40-,50-47-,59-56-. The van der Waals surface area contributed by atoms with Crippen LogP contribution in [0.5, 0.6) is 0 Å². The van der Waals surface area contributed by atoms with Gasteiger partial charge in [-0.25, -0.2) is 0 Å². The molecule has 0 amide bonds. The maximum atomic E-state index is 12.9. The Hall–Kier alpha value is -5.49. The Morgan fingerprint density at radius 1 is 0.241 bits per heavy atom. The summed E-state index contributed by atoms with van der Waals surface area (Å²) in [7, 11) is 0. The van der Waals surface area contributed by atoms with Crippen molar-refractivity contribution in [1.82, 2.24) is 0 Å². The number of rotatable bonds is 58. The first-order valence-corrected chi connectivity index (χ1v) is 33.3. The lowest BCUT2D eigenvalue weighted by Crippen LogP contribution is -2.30. The molecule has 0 saturated carbocycles. The van der Waals surface area contributed by atoms with Gasteiger partial charge in [-0.2, -0.15) is 0 Å². The number of unbranched alkanes of at least 4 members (excludes halogenated alkanes) is 17. The number of esters is 3. The largest absolute Gasteiger partial charge is 0.462 e. The normalized spacial score (nSPS) is 13.3. The summed E-state index contributed by atoms with van der Waals surface area (Å²) < 4.78 is 16.9. The van der Waals surface area contributed by atoms with Gasteiger partial charge in [0, 0.05) is 19.3 Å². The molecule has 0 aromatic heterocycles. The minimum absolute atomic E-state index is 0.112. The Morgan fingerprint density at radius 2 is 0.434 bits per heavy atom. The highest BCUT2D eigenvalue weighted by atomic mass is 16.6. The van der Waals surface area contributed by atoms with Crippen LogP contribution >= 0.6 is 0 Å². The molecular weight excluding hydrogens is 1020 g/mol. The smallest absolute Gasteiger partial charge is 0.306 e. The fraction of sp³-hybridized carbons (Fsp3) is 0.571. The lowest BCUT2D eigenvalue weighted by atomic mass is 10.1. The Balaban J connectivity index is 4.50. The number of carbonyl (C=O) groups excluding carboxylic acids is 3. The van der Waals surface area contributed by atoms with E-state index in [1.165, 1.54) is 57.8 Å². The summed E-state index contributed by atoms with van der Waals surface area (Å²) in [6.45, 7) is 6.25. The van der Waals surface area contributed by atoms with E-state index >= 15 is 0 Å². The minimum atomic E-state index is -0.822. The van der Waals surface area contributed by atoms with Crippen LogP contribution in [0.2, 0.25) is 0 Å². The van der Waals surface area contributed by atoms with Gasteiger partial charge in [0.1, 0.15) is 13.2 Å². The summed E-state index contributed by atoms with van der Waals surface area (Å²) in [5.74, 6) is -0.978. The summed E-state index contributed by atoms with van der Waals surface area (Å²) in [5.41, 5.74) is 0. The van der Waals surface area contributed by atoms with Gasteiger partial charge in [0.05, 0.1) is 0 Å². The van der Waals surface area contributed by atoms with Gasteiger partial charge in [0.15, 0.2) is 6.10 Å². The van der Waals surface area contributed by atoms with Gasteiger partial charge >= 0.3 is 17.9 Å². The van der Waals surface area contributed by atoms with E-state index in [0.717, 1.165) is 161 Å². The van der Waals surface area contributed by atoms with Crippen LogP contribution < -0.4 is 0 Å². The van der Waals surface area contributed by atoms with E-state index in [2.05, 4.69) is 203 Å². The maximum absolute atomic E-state index is 12.9. The summed E-state index contributed by atoms with van der Waals surface area (Å²) in [5, 5.41) is 0. The summed E-state index contributed by atoms with van der Waals surface area (Å²) in [4.78, 5) is 38.4. The quantitative estimate of drug-likeness (QED) is 0.0261. The van der Waals surface area contributed by atoms with Crippen molar-refractivity contribution in [2.45, 2.75) is 271 Å². The molecule has 0 saturated heterocycles. The molecule has 0 aliphatic rings. The van der Waals surface area contributed by atoms with Gasteiger partial charge in [0.2, 0.25) is 0 Å². The first-order chi connectivity index (χ1) is 41.0. The number of allylic oxidation sites excluding steroid dienone is 30. The maximum Gasteiger partial charge on any atom is 0.306 e. The highest BCUT2D eigenvalue weighted by Crippen LogP contribution is 2.14. The van der Waals surface area contributed by atoms with Crippen molar-refractivity contribution in [2.24, 2.45) is 0 Å². The third-order valence-electron chi connectivity index (χ3n) is 13.4. The topological polar surface area (TPSA) is 78.9 Å². The van der Waals surface area contributed by atoms with E-state index in [4.69, 9.17) is 14.2 Å². The van der Waals surface area contributed by atoms with Crippen molar-refractivity contribution in [3.05, 3.63) is 182 Å². The fourth-order valence-electron chi connectivity index (χ4n) is 8.52. The van der Waals surface area contributed by atoms with Crippen LogP contribution in [-0.2, 0) is 28.6 Å². The average molecular weight is 1140 g/mol. The molecule has 0 spiro atoms. The summed E-state index contributed by atoms with van der Waals surface area (Å²) in [6.07, 6.45) is 103. The van der Waals surface area contributed by atoms with Crippen molar-refractivity contribution in [2.75, 3.05) is 13.2 Å². The molecule has 0 aliphatic carbocycles. The molecule has 1 atom stereocenters. The number of hydrogen-bond donors (Lipinski definition) is 0. The predicted molar refractivity (Wildman–Crippen MR) is 361 cm³/mol. The Labute approximate surface area is 510 Å². The zero-order valence-corrected chi connectivity index (χ0v) is 53.1. The Morgan fingerprint density at radius 3 is 0.699 bits per heavy atom. The first-order valence-electron chi connectivity index (χ1n) is 33.3. The van der Waals surface area contributed by atoms with E-state index in [1.54, 1.807) is 0 Å². The van der Waals surface area contributed by atoms with E-state index in [1.807, 2.05) is 0 Å². The second-order valence-corrected chi connectivity index (χ2v) is 21.2. The molecule has 0 fully saturated rings. The molecule has 83 heavy (non-hydrogen) atoms. The lowest BCUT2D eigenvalue weighted by molar-refractivity contribution is -0.167. The Kier molecular flexibility index (Phi) is 64.4. The molecular formula is C77H120O6. The molecule has 1 unspecified atom stereocenters. The second-order valence-electron chi connectivity index (χ2n) is 21.2. The molecule has 0 radical (unpaired) electrons. The van der Waals surface area contributed by atoms with Gasteiger partial charge in [-0.1, -0.05) is 274 Å². The van der Waals surface area contributed by atoms with E-state index in [0.29, 0.717) is 19.3 Å². The molecule has 6 heteroatoms. The van der Waals surface area contributed by atoms with Crippen LogP contribution in [-0.4, -0.2) is 37.2 Å². The van der Waals surface area contributed by atoms with Crippen LogP contribution in [0.4, 0.5) is 0 Å². The average Bonchev–Trinajstić information content (AvgIpc) is 3.49. The van der Waals surface area contributed by atoms with Gasteiger partial charge < -0.3 is 14.2 Å². The lowest BCUT2D eigenvalue weighted by Gasteiger charge is -2.18. The highest BCUT2D eigenvalue weighted by Gasteiger charge is 2.19. The zero-order chi connectivity index (χ0) is 59.9. The highest BCUT2D eigenvalue weighted by molar-refractivity contribution is 5.71. The third kappa shape index (κ3) is 67.2. The fourth-order valence-corrected chi connectivity index (χ4v) is 8.52. The van der Waals surface area contributed by atoms with Gasteiger partial charge in [0.25, 0.3) is 0 Å². The molecule has 0 aromatic carbocycles. The van der Waals surface area contributed by atoms with Crippen LogP contribution in [0.15, 0.2) is 182 Å². The van der Waals surface area contributed by atoms with Crippen molar-refractivity contribution in [3.8, 4) is 0 Å². The molecule has 464 valence electrons. The van der Waals surface area contributed by atoms with Crippen molar-refractivity contribution in [3.63, 3.8) is 0 Å². The van der Waals surface area contributed by atoms with Crippen molar-refractivity contribution < 1.29 is 28.6 Å². The predicted octanol–water partition coefficient (Wildman–Crippen LogP) is 23.2. The third-order valence-corrected chi connectivity index (χ3v) is 13.4. The van der Waals surface area contributed by atoms with Gasteiger partial charge in [-0.05, 0) is 154 Å². The van der Waals surface area contributed by atoms with Gasteiger partial charge in [-0.15, -0.1) is 0 Å². The van der Waals surface area contributed by atoms with E-state index in [-0.39, 0.29) is 37.5 Å². The molecule has 0 aliphatic heterocycles. The molecule has 0 heterocycles. The Bertz CT molecular complexity index is 1940. The summed E-state index contributed by atoms with van der Waals surface area (Å²) >= 11 is 0. The van der Waals surface area contributed by atoms with Crippen LogP contribution in [0.3, 0.4) is 0 Å². The second kappa shape index (κ2) is 69.0. The first kappa shape index (κ1) is 77.5. The molecule has 6 nitrogen and oxygen atoms in total. The number of ether oxygens (including phenoxy) is 3. The van der Waals surface area contributed by atoms with Crippen molar-refractivity contribution in [1.29, 1.82) is 0 Å². The minimum Gasteiger partial charge on any atom is -0.462 e. The van der Waals surface area contributed by atoms with Gasteiger partial charge in [-0.3, -0.25) is 14.4 Å². The zero-order valence-electron chi connectivity index (χ0n) is 53.1. The van der Waals surface area contributed by atoms with Crippen LogP contribution in [0.1, 0.15) is 265 Å². The van der Waals surface area contributed by atoms with E-state index in [9.17, 15) is 14.4 Å².